The van der Waals surface area contributed by atoms with Gasteiger partial charge in [0.25, 0.3) is 11.8 Å². The highest BCUT2D eigenvalue weighted by Gasteiger charge is 2.54. The van der Waals surface area contributed by atoms with E-state index >= 15 is 0 Å². The monoisotopic (exact) mass is 740 g/mol. The number of imide groups is 2. The fourth-order valence-corrected chi connectivity index (χ4v) is 5.34. The molecule has 2 unspecified atom stereocenters. The fraction of sp³-hybridized carbons (Fsp3) is 0.688. The first-order valence-corrected chi connectivity index (χ1v) is 16.4. The van der Waals surface area contributed by atoms with Gasteiger partial charge in [0.15, 0.2) is 0 Å². The number of carbonyl (C=O) groups is 10. The molecule has 0 aliphatic carbocycles. The largest absolute Gasteiger partial charge is 0.481 e. The smallest absolute Gasteiger partial charge is 0.328 e. The fourth-order valence-electron chi connectivity index (χ4n) is 5.34. The van der Waals surface area contributed by atoms with Crippen LogP contribution in [-0.4, -0.2) is 178 Å². The van der Waals surface area contributed by atoms with Gasteiger partial charge in [0.2, 0.25) is 23.6 Å². The van der Waals surface area contributed by atoms with Crippen LogP contribution >= 0.6 is 0 Å². The third-order valence-electron chi connectivity index (χ3n) is 9.40. The zero-order valence-electron chi connectivity index (χ0n) is 32.1. The number of carbonyl (C=O) groups excluding carboxylic acids is 9. The van der Waals surface area contributed by atoms with Gasteiger partial charge in [-0.05, 0) is 48.5 Å². The van der Waals surface area contributed by atoms with Gasteiger partial charge in [0.1, 0.15) is 35.2 Å². The van der Waals surface area contributed by atoms with Crippen LogP contribution in [0.3, 0.4) is 0 Å². The van der Waals surface area contributed by atoms with Gasteiger partial charge in [0, 0.05) is 42.3 Å². The predicted octanol–water partition coefficient (Wildman–Crippen LogP) is -1.33. The molecular weight excluding hydrogens is 688 g/mol. The van der Waals surface area contributed by atoms with Crippen LogP contribution in [0.25, 0.3) is 0 Å². The molecule has 0 radical (unpaired) electrons. The van der Waals surface area contributed by atoms with E-state index in [1.807, 2.05) is 0 Å². The van der Waals surface area contributed by atoms with E-state index in [4.69, 9.17) is 9.84 Å². The summed E-state index contributed by atoms with van der Waals surface area (Å²) in [5.74, 6) is -5.48. The van der Waals surface area contributed by atoms with E-state index in [0.717, 1.165) is 19.6 Å². The lowest BCUT2D eigenvalue weighted by atomic mass is 10.0. The molecule has 4 atom stereocenters. The van der Waals surface area contributed by atoms with Crippen molar-refractivity contribution in [1.29, 1.82) is 0 Å². The van der Waals surface area contributed by atoms with Crippen molar-refractivity contribution < 1.29 is 57.8 Å². The molecule has 52 heavy (non-hydrogen) atoms. The average Bonchev–Trinajstić information content (AvgIpc) is 3.34. The Labute approximate surface area is 302 Å². The summed E-state index contributed by atoms with van der Waals surface area (Å²) < 4.78 is 4.85. The van der Waals surface area contributed by atoms with E-state index in [2.05, 4.69) is 10.6 Å². The van der Waals surface area contributed by atoms with Crippen LogP contribution < -0.4 is 10.6 Å². The zero-order chi connectivity index (χ0) is 40.8. The second-order valence-electron chi connectivity index (χ2n) is 13.3. The summed E-state index contributed by atoms with van der Waals surface area (Å²) in [6, 6.07) is -5.90. The quantitative estimate of drug-likeness (QED) is 0.147. The average molecular weight is 741 g/mol. The minimum atomic E-state index is -1.25. The molecule has 2 fully saturated rings. The molecule has 0 aromatic carbocycles. The number of nitrogens with zero attached hydrogens (tertiary/aromatic N) is 6. The number of hydrogen-bond acceptors (Lipinski definition) is 11. The number of aliphatic carboxylic acids is 1. The van der Waals surface area contributed by atoms with Crippen LogP contribution in [-0.2, 0) is 43.1 Å². The van der Waals surface area contributed by atoms with E-state index in [1.54, 1.807) is 34.6 Å². The van der Waals surface area contributed by atoms with Crippen molar-refractivity contribution in [2.24, 2.45) is 0 Å². The van der Waals surface area contributed by atoms with Crippen LogP contribution in [0, 0.1) is 0 Å². The number of urea groups is 2. The molecule has 0 saturated carbocycles. The Kier molecular flexibility index (Phi) is 14.9. The van der Waals surface area contributed by atoms with Gasteiger partial charge in [-0.3, -0.25) is 38.4 Å². The van der Waals surface area contributed by atoms with Gasteiger partial charge >= 0.3 is 24.0 Å². The number of likely N-dealkylation sites (N-methyl/N-ethyl adjacent to an activating group) is 6. The van der Waals surface area contributed by atoms with Crippen molar-refractivity contribution in [2.75, 3.05) is 48.9 Å². The van der Waals surface area contributed by atoms with Gasteiger partial charge < -0.3 is 40.1 Å². The molecule has 2 aliphatic heterocycles. The zero-order valence-corrected chi connectivity index (χ0v) is 32.1. The molecule has 20 nitrogen and oxygen atoms in total. The van der Waals surface area contributed by atoms with Crippen LogP contribution in [0.5, 0.6) is 0 Å². The summed E-state index contributed by atoms with van der Waals surface area (Å²) in [5.41, 5.74) is -2.17. The number of carboxylic acid groups (broad SMARTS) is 1. The number of hydrogen-bond donors (Lipinski definition) is 3. The van der Waals surface area contributed by atoms with Gasteiger partial charge in [-0.25, -0.2) is 19.4 Å². The molecular formula is C32H52N8O12. The van der Waals surface area contributed by atoms with E-state index < -0.39 is 101 Å². The lowest BCUT2D eigenvalue weighted by molar-refractivity contribution is -0.151. The maximum Gasteiger partial charge on any atom is 0.328 e. The van der Waals surface area contributed by atoms with Crippen LogP contribution in [0.4, 0.5) is 9.59 Å². The maximum absolute atomic E-state index is 12.9. The van der Waals surface area contributed by atoms with Gasteiger partial charge in [-0.15, -0.1) is 0 Å². The number of esters is 1. The second kappa shape index (κ2) is 17.3. The van der Waals surface area contributed by atoms with Crippen molar-refractivity contribution in [3.05, 3.63) is 0 Å². The summed E-state index contributed by atoms with van der Waals surface area (Å²) in [7, 11) is 8.25. The van der Waals surface area contributed by atoms with E-state index in [0.29, 0.717) is 0 Å². The van der Waals surface area contributed by atoms with Crippen molar-refractivity contribution in [2.45, 2.75) is 96.6 Å². The molecule has 2 aliphatic rings. The highest BCUT2D eigenvalue weighted by atomic mass is 16.5. The minimum absolute atomic E-state index is 0.144. The third-order valence-corrected chi connectivity index (χ3v) is 9.40. The van der Waals surface area contributed by atoms with E-state index in [-0.39, 0.29) is 13.0 Å². The molecule has 3 N–H and O–H groups in total. The van der Waals surface area contributed by atoms with Gasteiger partial charge in [-0.1, -0.05) is 0 Å². The second-order valence-corrected chi connectivity index (χ2v) is 13.3. The first-order chi connectivity index (χ1) is 23.8. The maximum atomic E-state index is 12.9. The lowest BCUT2D eigenvalue weighted by Crippen LogP contribution is -2.55. The molecule has 0 spiro atoms. The van der Waals surface area contributed by atoms with Crippen molar-refractivity contribution in [3.8, 4) is 0 Å². The summed E-state index contributed by atoms with van der Waals surface area (Å²) >= 11 is 0. The van der Waals surface area contributed by atoms with Crippen molar-refractivity contribution in [3.63, 3.8) is 0 Å². The summed E-state index contributed by atoms with van der Waals surface area (Å²) in [6.07, 6.45) is -0.933. The van der Waals surface area contributed by atoms with Gasteiger partial charge in [-0.2, -0.15) is 0 Å². The Bertz CT molecular complexity index is 1480. The van der Waals surface area contributed by atoms with Crippen LogP contribution in [0.2, 0.25) is 0 Å². The summed E-state index contributed by atoms with van der Waals surface area (Å²) in [6.45, 7) is 10.8. The van der Waals surface area contributed by atoms with E-state index in [9.17, 15) is 47.9 Å². The Hall–Kier alpha value is -5.30. The Morgan fingerprint density at radius 1 is 0.712 bits per heavy atom. The minimum Gasteiger partial charge on any atom is -0.481 e. The van der Waals surface area contributed by atoms with Crippen LogP contribution in [0.1, 0.15) is 61.3 Å². The molecule has 2 heterocycles. The first kappa shape index (κ1) is 44.7. The number of nitrogens with one attached hydrogen (secondary N) is 2. The predicted molar refractivity (Wildman–Crippen MR) is 182 cm³/mol. The number of rotatable bonds is 13. The Balaban J connectivity index is 0.000000522. The molecule has 0 aromatic rings. The summed E-state index contributed by atoms with van der Waals surface area (Å²) in [5, 5.41) is 13.7. The molecule has 2 saturated heterocycles. The first-order valence-electron chi connectivity index (χ1n) is 16.4. The molecule has 292 valence electrons. The summed E-state index contributed by atoms with van der Waals surface area (Å²) in [4.78, 5) is 128. The standard InChI is InChI=1S/C17H28N4O6.C15H24N4O6/c1-8-27-12(22)9-11(13(23)18-5)19(6)14(24)10(2)21-15(25)17(3,4)20(7)16(21)26;1-8(19-13(24)15(2,3)18(6)14(19)25)12(23)17(5)9(7-10(20)21)11(22)16-4/h10-11H,8-9H2,1-7H3,(H,18,23);8-9H,7H2,1-6H3,(H,16,22)(H,20,21)/t10?,11-;8?,9-/m00/s1. The highest BCUT2D eigenvalue weighted by Crippen LogP contribution is 2.29. The normalized spacial score (nSPS) is 18.5. The SMILES string of the molecule is CCOC(=O)C[C@@H](C(=O)NC)N(C)C(=O)C(C)N1C(=O)N(C)C(C)(C)C1=O.CNC(=O)[C@H](CC(=O)O)N(C)C(=O)C(C)N1C(=O)N(C)C(C)(C)C1=O. The topological polar surface area (TPSA) is 244 Å². The van der Waals surface area contributed by atoms with E-state index in [1.165, 1.54) is 65.9 Å². The van der Waals surface area contributed by atoms with Crippen LogP contribution in [0.15, 0.2) is 0 Å². The molecule has 20 heteroatoms. The van der Waals surface area contributed by atoms with Crippen molar-refractivity contribution in [1.82, 2.24) is 40.0 Å². The number of ether oxygens (including phenoxy) is 1. The number of amides is 10. The lowest BCUT2D eigenvalue weighted by Gasteiger charge is -2.31. The number of carboxylic acids is 1. The Morgan fingerprint density at radius 2 is 1.04 bits per heavy atom. The van der Waals surface area contributed by atoms with Gasteiger partial charge in [0.05, 0.1) is 19.4 Å². The Morgan fingerprint density at radius 3 is 1.29 bits per heavy atom. The molecule has 0 aromatic heterocycles. The molecule has 2 rings (SSSR count). The third kappa shape index (κ3) is 8.94. The van der Waals surface area contributed by atoms with Crippen molar-refractivity contribution >= 4 is 59.4 Å². The molecule has 0 bridgehead atoms. The molecule has 10 amide bonds. The highest BCUT2D eigenvalue weighted by molar-refractivity contribution is 6.10.